The molecule has 0 heterocycles. The van der Waals surface area contributed by atoms with Crippen molar-refractivity contribution in [2.45, 2.75) is 4.90 Å². The summed E-state index contributed by atoms with van der Waals surface area (Å²) in [5.41, 5.74) is 0. The molecule has 0 N–H and O–H groups in total. The minimum atomic E-state index is -0.815. The number of rotatable bonds is 0. The van der Waals surface area contributed by atoms with E-state index in [1.54, 1.807) is 0 Å². The van der Waals surface area contributed by atoms with Crippen LogP contribution in [0.3, 0.4) is 0 Å². The molecule has 0 fully saturated rings. The Morgan fingerprint density at radius 3 is 2.40 bits per heavy atom. The van der Waals surface area contributed by atoms with Crippen molar-refractivity contribution >= 4 is 24.2 Å². The van der Waals surface area contributed by atoms with Gasteiger partial charge in [-0.1, -0.05) is 11.6 Å². The Kier molecular flexibility index (Phi) is 2.16. The zero-order valence-electron chi connectivity index (χ0n) is 4.74. The van der Waals surface area contributed by atoms with Crippen LogP contribution < -0.4 is 0 Å². The molecule has 0 atom stereocenters. The molecule has 0 aromatic heterocycles. The molecule has 0 bridgehead atoms. The third kappa shape index (κ3) is 1.25. The van der Waals surface area contributed by atoms with E-state index < -0.39 is 11.6 Å². The van der Waals surface area contributed by atoms with Crippen LogP contribution >= 0.6 is 24.2 Å². The SMILES string of the molecule is Fc1ccc(Cl)c(F)c1S. The van der Waals surface area contributed by atoms with Crippen LogP contribution in [0, 0.1) is 11.6 Å². The van der Waals surface area contributed by atoms with Crippen molar-refractivity contribution in [2.75, 3.05) is 0 Å². The van der Waals surface area contributed by atoms with Crippen LogP contribution in [0.25, 0.3) is 0 Å². The maximum absolute atomic E-state index is 12.5. The van der Waals surface area contributed by atoms with Crippen molar-refractivity contribution in [3.8, 4) is 0 Å². The van der Waals surface area contributed by atoms with Crippen molar-refractivity contribution in [1.82, 2.24) is 0 Å². The molecule has 0 saturated carbocycles. The first-order chi connectivity index (χ1) is 4.63. The highest BCUT2D eigenvalue weighted by Crippen LogP contribution is 2.23. The molecule has 0 unspecified atom stereocenters. The summed E-state index contributed by atoms with van der Waals surface area (Å²) in [6, 6.07) is 2.21. The molecule has 0 saturated heterocycles. The van der Waals surface area contributed by atoms with Gasteiger partial charge in [0.05, 0.1) is 9.92 Å². The van der Waals surface area contributed by atoms with Crippen LogP contribution in [0.15, 0.2) is 17.0 Å². The number of halogens is 3. The van der Waals surface area contributed by atoms with E-state index in [1.165, 1.54) is 0 Å². The predicted molar refractivity (Wildman–Crippen MR) is 38.6 cm³/mol. The summed E-state index contributed by atoms with van der Waals surface area (Å²) in [7, 11) is 0. The van der Waals surface area contributed by atoms with Gasteiger partial charge >= 0.3 is 0 Å². The van der Waals surface area contributed by atoms with Gasteiger partial charge in [0.15, 0.2) is 5.82 Å². The van der Waals surface area contributed by atoms with Crippen molar-refractivity contribution in [3.63, 3.8) is 0 Å². The summed E-state index contributed by atoms with van der Waals surface area (Å²) in [6.45, 7) is 0. The summed E-state index contributed by atoms with van der Waals surface area (Å²) in [5, 5.41) is -0.119. The Balaban J connectivity index is 3.34. The second-order valence-electron chi connectivity index (χ2n) is 1.69. The third-order valence-electron chi connectivity index (χ3n) is 1.02. The van der Waals surface area contributed by atoms with Crippen molar-refractivity contribution in [1.29, 1.82) is 0 Å². The summed E-state index contributed by atoms with van der Waals surface area (Å²) < 4.78 is 24.9. The molecule has 10 heavy (non-hydrogen) atoms. The number of hydrogen-bond donors (Lipinski definition) is 1. The van der Waals surface area contributed by atoms with Gasteiger partial charge in [-0.3, -0.25) is 0 Å². The van der Waals surface area contributed by atoms with E-state index in [-0.39, 0.29) is 9.92 Å². The molecule has 1 aromatic rings. The smallest absolute Gasteiger partial charge is 0.158 e. The van der Waals surface area contributed by atoms with Gasteiger partial charge in [0, 0.05) is 0 Å². The van der Waals surface area contributed by atoms with Crippen LogP contribution in [0.1, 0.15) is 0 Å². The van der Waals surface area contributed by atoms with Gasteiger partial charge in [0.25, 0.3) is 0 Å². The minimum absolute atomic E-state index is 0.119. The molecule has 0 aliphatic heterocycles. The Morgan fingerprint density at radius 2 is 1.90 bits per heavy atom. The van der Waals surface area contributed by atoms with Gasteiger partial charge in [-0.2, -0.15) is 0 Å². The van der Waals surface area contributed by atoms with E-state index in [2.05, 4.69) is 12.6 Å². The number of hydrogen-bond acceptors (Lipinski definition) is 1. The first kappa shape index (κ1) is 7.82. The molecule has 0 amide bonds. The maximum atomic E-state index is 12.5. The van der Waals surface area contributed by atoms with Gasteiger partial charge in [-0.25, -0.2) is 8.78 Å². The summed E-state index contributed by atoms with van der Waals surface area (Å²) in [4.78, 5) is -0.340. The van der Waals surface area contributed by atoms with E-state index >= 15 is 0 Å². The van der Waals surface area contributed by atoms with Crippen molar-refractivity contribution in [3.05, 3.63) is 28.8 Å². The zero-order chi connectivity index (χ0) is 7.72. The van der Waals surface area contributed by atoms with Crippen LogP contribution in [0.2, 0.25) is 5.02 Å². The minimum Gasteiger partial charge on any atom is -0.206 e. The molecule has 4 heteroatoms. The number of benzene rings is 1. The molecule has 0 aliphatic rings. The van der Waals surface area contributed by atoms with Gasteiger partial charge < -0.3 is 0 Å². The second-order valence-corrected chi connectivity index (χ2v) is 2.55. The average molecular weight is 181 g/mol. The van der Waals surface area contributed by atoms with Gasteiger partial charge in [-0.05, 0) is 12.1 Å². The molecular weight excluding hydrogens is 178 g/mol. The van der Waals surface area contributed by atoms with Crippen molar-refractivity contribution < 1.29 is 8.78 Å². The highest BCUT2D eigenvalue weighted by Gasteiger charge is 2.07. The molecule has 0 aliphatic carbocycles. The first-order valence-electron chi connectivity index (χ1n) is 2.45. The zero-order valence-corrected chi connectivity index (χ0v) is 6.39. The van der Waals surface area contributed by atoms with E-state index in [4.69, 9.17) is 11.6 Å². The van der Waals surface area contributed by atoms with Crippen LogP contribution in [0.4, 0.5) is 8.78 Å². The summed E-state index contributed by atoms with van der Waals surface area (Å²) >= 11 is 8.84. The van der Waals surface area contributed by atoms with E-state index in [0.717, 1.165) is 12.1 Å². The third-order valence-corrected chi connectivity index (χ3v) is 1.72. The van der Waals surface area contributed by atoms with Gasteiger partial charge in [-0.15, -0.1) is 12.6 Å². The molecule has 1 aromatic carbocycles. The fourth-order valence-corrected chi connectivity index (χ4v) is 0.935. The van der Waals surface area contributed by atoms with Crippen molar-refractivity contribution in [2.24, 2.45) is 0 Å². The summed E-state index contributed by atoms with van der Waals surface area (Å²) in [6.07, 6.45) is 0. The van der Waals surface area contributed by atoms with Crippen LogP contribution in [0.5, 0.6) is 0 Å². The predicted octanol–water partition coefficient (Wildman–Crippen LogP) is 2.91. The Bertz CT molecular complexity index is 235. The van der Waals surface area contributed by atoms with E-state index in [9.17, 15) is 8.78 Å². The topological polar surface area (TPSA) is 0 Å². The maximum Gasteiger partial charge on any atom is 0.158 e. The highest BCUT2D eigenvalue weighted by atomic mass is 35.5. The lowest BCUT2D eigenvalue weighted by atomic mass is 10.3. The largest absolute Gasteiger partial charge is 0.206 e. The second kappa shape index (κ2) is 2.76. The lowest BCUT2D eigenvalue weighted by Crippen LogP contribution is -1.84. The molecule has 0 nitrogen and oxygen atoms in total. The van der Waals surface area contributed by atoms with Crippen LogP contribution in [-0.4, -0.2) is 0 Å². The standard InChI is InChI=1S/C6H3ClF2S/c7-3-1-2-4(8)6(10)5(3)9/h1-2,10H. The van der Waals surface area contributed by atoms with E-state index in [1.807, 2.05) is 0 Å². The monoisotopic (exact) mass is 180 g/mol. The normalized spacial score (nSPS) is 10.0. The lowest BCUT2D eigenvalue weighted by Gasteiger charge is -1.97. The molecule has 0 spiro atoms. The van der Waals surface area contributed by atoms with E-state index in [0.29, 0.717) is 0 Å². The van der Waals surface area contributed by atoms with Gasteiger partial charge in [0.1, 0.15) is 5.82 Å². The quantitative estimate of drug-likeness (QED) is 0.461. The number of thiol groups is 1. The molecular formula is C6H3ClF2S. The fraction of sp³-hybridized carbons (Fsp3) is 0. The lowest BCUT2D eigenvalue weighted by molar-refractivity contribution is 0.542. The Hall–Kier alpha value is -0.280. The Labute approximate surface area is 67.2 Å². The molecule has 1 rings (SSSR count). The molecule has 54 valence electrons. The molecule has 0 radical (unpaired) electrons. The Morgan fingerprint density at radius 1 is 1.30 bits per heavy atom. The highest BCUT2D eigenvalue weighted by molar-refractivity contribution is 7.80. The van der Waals surface area contributed by atoms with Gasteiger partial charge in [0.2, 0.25) is 0 Å². The first-order valence-corrected chi connectivity index (χ1v) is 3.28. The fourth-order valence-electron chi connectivity index (χ4n) is 0.516. The average Bonchev–Trinajstić information content (AvgIpc) is 1.93. The van der Waals surface area contributed by atoms with Crippen LogP contribution in [-0.2, 0) is 0 Å². The summed E-state index contributed by atoms with van der Waals surface area (Å²) in [5.74, 6) is -1.52.